The number of nitrogens with one attached hydrogen (secondary N) is 1. The van der Waals surface area contributed by atoms with Crippen LogP contribution in [0.5, 0.6) is 0 Å². The quantitative estimate of drug-likeness (QED) is 0.774. The maximum atomic E-state index is 11.6. The Morgan fingerprint density at radius 1 is 1.60 bits per heavy atom. The van der Waals surface area contributed by atoms with Crippen LogP contribution in [0.25, 0.3) is 0 Å². The van der Waals surface area contributed by atoms with Gasteiger partial charge in [-0.05, 0) is 39.2 Å². The van der Waals surface area contributed by atoms with Crippen LogP contribution in [-0.4, -0.2) is 44.2 Å². The summed E-state index contributed by atoms with van der Waals surface area (Å²) >= 11 is 1.65. The van der Waals surface area contributed by atoms with Gasteiger partial charge in [0.25, 0.3) is 0 Å². The molecule has 1 aliphatic carbocycles. The van der Waals surface area contributed by atoms with Crippen LogP contribution in [0.3, 0.4) is 0 Å². The number of likely N-dealkylation sites (N-methyl/N-ethyl adjacent to an activating group) is 1. The number of hydrogen-bond acceptors (Lipinski definition) is 5. The molecule has 0 bridgehead atoms. The topological polar surface area (TPSA) is 80.0 Å². The lowest BCUT2D eigenvalue weighted by Crippen LogP contribution is -2.53. The molecule has 1 aromatic heterocycles. The van der Waals surface area contributed by atoms with E-state index in [9.17, 15) is 9.90 Å². The number of thioether (sulfide) groups is 1. The molecule has 0 spiro atoms. The Morgan fingerprint density at radius 2 is 2.35 bits per heavy atom. The minimum atomic E-state index is -0.740. The number of rotatable bonds is 6. The Morgan fingerprint density at radius 3 is 2.90 bits per heavy atom. The molecule has 1 aliphatic rings. The smallest absolute Gasteiger partial charge is 0.324 e. The molecule has 20 heavy (non-hydrogen) atoms. The average molecular weight is 298 g/mol. The number of carboxylic acids is 1. The van der Waals surface area contributed by atoms with Crippen LogP contribution in [-0.2, 0) is 11.8 Å². The third-order valence-corrected chi connectivity index (χ3v) is 5.45. The molecule has 6 nitrogen and oxygen atoms in total. The van der Waals surface area contributed by atoms with Crippen LogP contribution in [0.1, 0.15) is 31.5 Å². The molecule has 0 aliphatic heterocycles. The summed E-state index contributed by atoms with van der Waals surface area (Å²) in [5.41, 5.74) is -0.740. The van der Waals surface area contributed by atoms with Crippen molar-refractivity contribution in [3.63, 3.8) is 0 Å². The summed E-state index contributed by atoms with van der Waals surface area (Å²) in [7, 11) is 3.70. The molecule has 7 heteroatoms. The van der Waals surface area contributed by atoms with E-state index in [4.69, 9.17) is 0 Å². The van der Waals surface area contributed by atoms with Crippen LogP contribution in [0.15, 0.2) is 5.16 Å². The molecular formula is C13H22N4O2S. The maximum Gasteiger partial charge on any atom is 0.324 e. The SMILES string of the molecule is CNC1(C(=O)O)CCCC1CCSc1nnc(C)n1C. The molecule has 1 saturated carbocycles. The number of aromatic nitrogens is 3. The highest BCUT2D eigenvalue weighted by Gasteiger charge is 2.47. The van der Waals surface area contributed by atoms with E-state index in [1.807, 2.05) is 18.5 Å². The van der Waals surface area contributed by atoms with Crippen LogP contribution in [0.2, 0.25) is 0 Å². The molecule has 1 heterocycles. The number of hydrogen-bond donors (Lipinski definition) is 2. The molecule has 0 radical (unpaired) electrons. The normalized spacial score (nSPS) is 26.1. The zero-order chi connectivity index (χ0) is 14.8. The van der Waals surface area contributed by atoms with E-state index in [1.54, 1.807) is 18.8 Å². The summed E-state index contributed by atoms with van der Waals surface area (Å²) in [6.45, 7) is 1.92. The van der Waals surface area contributed by atoms with Gasteiger partial charge in [0.15, 0.2) is 5.16 Å². The minimum Gasteiger partial charge on any atom is -0.480 e. The summed E-state index contributed by atoms with van der Waals surface area (Å²) in [6, 6.07) is 0. The Labute approximate surface area is 123 Å². The fraction of sp³-hybridized carbons (Fsp3) is 0.769. The first-order chi connectivity index (χ1) is 9.51. The molecule has 0 amide bonds. The predicted molar refractivity (Wildman–Crippen MR) is 77.8 cm³/mol. The molecule has 2 rings (SSSR count). The average Bonchev–Trinajstić information content (AvgIpc) is 2.97. The highest BCUT2D eigenvalue weighted by Crippen LogP contribution is 2.39. The number of nitrogens with zero attached hydrogens (tertiary/aromatic N) is 3. The van der Waals surface area contributed by atoms with Gasteiger partial charge in [-0.2, -0.15) is 0 Å². The number of carboxylic acid groups (broad SMARTS) is 1. The highest BCUT2D eigenvalue weighted by molar-refractivity contribution is 7.99. The Hall–Kier alpha value is -1.08. The second-order valence-corrected chi connectivity index (χ2v) is 6.40. The van der Waals surface area contributed by atoms with Crippen molar-refractivity contribution in [2.24, 2.45) is 13.0 Å². The van der Waals surface area contributed by atoms with Crippen LogP contribution in [0.4, 0.5) is 0 Å². The molecule has 112 valence electrons. The van der Waals surface area contributed by atoms with Crippen LogP contribution in [0, 0.1) is 12.8 Å². The van der Waals surface area contributed by atoms with Gasteiger partial charge in [-0.25, -0.2) is 0 Å². The summed E-state index contributed by atoms with van der Waals surface area (Å²) < 4.78 is 1.96. The molecule has 2 N–H and O–H groups in total. The van der Waals surface area contributed by atoms with Gasteiger partial charge in [0.05, 0.1) is 0 Å². The van der Waals surface area contributed by atoms with Crippen molar-refractivity contribution in [2.75, 3.05) is 12.8 Å². The van der Waals surface area contributed by atoms with E-state index < -0.39 is 11.5 Å². The largest absolute Gasteiger partial charge is 0.480 e. The molecular weight excluding hydrogens is 276 g/mol. The third kappa shape index (κ3) is 2.69. The third-order valence-electron chi connectivity index (χ3n) is 4.40. The second kappa shape index (κ2) is 6.13. The minimum absolute atomic E-state index is 0.187. The maximum absolute atomic E-state index is 11.6. The van der Waals surface area contributed by atoms with Gasteiger partial charge >= 0.3 is 5.97 Å². The zero-order valence-corrected chi connectivity index (χ0v) is 13.0. The van der Waals surface area contributed by atoms with E-state index >= 15 is 0 Å². The Bertz CT molecular complexity index is 491. The molecule has 2 unspecified atom stereocenters. The summed E-state index contributed by atoms with van der Waals surface area (Å²) in [5, 5.41) is 21.6. The first kappa shape index (κ1) is 15.3. The standard InChI is InChI=1S/C13H22N4O2S/c1-9-15-16-12(17(9)3)20-8-6-10-5-4-7-13(10,14-2)11(18)19/h10,14H,4-8H2,1-3H3,(H,18,19). The zero-order valence-electron chi connectivity index (χ0n) is 12.2. The Kier molecular flexibility index (Phi) is 4.70. The second-order valence-electron chi connectivity index (χ2n) is 5.34. The summed E-state index contributed by atoms with van der Waals surface area (Å²) in [4.78, 5) is 11.6. The van der Waals surface area contributed by atoms with Gasteiger partial charge in [-0.1, -0.05) is 18.2 Å². The van der Waals surface area contributed by atoms with Crippen molar-refractivity contribution in [1.29, 1.82) is 0 Å². The van der Waals surface area contributed by atoms with Gasteiger partial charge in [0.1, 0.15) is 11.4 Å². The van der Waals surface area contributed by atoms with E-state index in [0.29, 0.717) is 0 Å². The van der Waals surface area contributed by atoms with Crippen LogP contribution < -0.4 is 5.32 Å². The van der Waals surface area contributed by atoms with E-state index in [1.165, 1.54) is 0 Å². The first-order valence-corrected chi connectivity index (χ1v) is 7.91. The van der Waals surface area contributed by atoms with Gasteiger partial charge in [-0.3, -0.25) is 4.79 Å². The first-order valence-electron chi connectivity index (χ1n) is 6.92. The molecule has 0 saturated heterocycles. The van der Waals surface area contributed by atoms with Crippen molar-refractivity contribution < 1.29 is 9.90 Å². The fourth-order valence-electron chi connectivity index (χ4n) is 2.99. The summed E-state index contributed by atoms with van der Waals surface area (Å²) in [5.74, 6) is 1.23. The van der Waals surface area contributed by atoms with E-state index in [0.717, 1.165) is 42.4 Å². The lowest BCUT2D eigenvalue weighted by molar-refractivity contribution is -0.146. The monoisotopic (exact) mass is 298 g/mol. The highest BCUT2D eigenvalue weighted by atomic mass is 32.2. The molecule has 0 aromatic carbocycles. The van der Waals surface area contributed by atoms with Gasteiger partial charge in [0.2, 0.25) is 0 Å². The van der Waals surface area contributed by atoms with Crippen molar-refractivity contribution in [2.45, 2.75) is 43.3 Å². The lowest BCUT2D eigenvalue weighted by Gasteiger charge is -2.30. The van der Waals surface area contributed by atoms with Gasteiger partial charge in [-0.15, -0.1) is 10.2 Å². The predicted octanol–water partition coefficient (Wildman–Crippen LogP) is 1.45. The van der Waals surface area contributed by atoms with Gasteiger partial charge in [0, 0.05) is 12.8 Å². The van der Waals surface area contributed by atoms with Crippen molar-refractivity contribution in [3.8, 4) is 0 Å². The Balaban J connectivity index is 1.93. The molecule has 1 fully saturated rings. The lowest BCUT2D eigenvalue weighted by atomic mass is 9.85. The van der Waals surface area contributed by atoms with E-state index in [-0.39, 0.29) is 5.92 Å². The molecule has 2 atom stereocenters. The van der Waals surface area contributed by atoms with Crippen molar-refractivity contribution in [1.82, 2.24) is 20.1 Å². The van der Waals surface area contributed by atoms with Crippen molar-refractivity contribution >= 4 is 17.7 Å². The molecule has 1 aromatic rings. The van der Waals surface area contributed by atoms with Crippen molar-refractivity contribution in [3.05, 3.63) is 5.82 Å². The van der Waals surface area contributed by atoms with Gasteiger partial charge < -0.3 is 15.0 Å². The number of aryl methyl sites for hydroxylation is 1. The summed E-state index contributed by atoms with van der Waals surface area (Å²) in [6.07, 6.45) is 3.55. The van der Waals surface area contributed by atoms with E-state index in [2.05, 4.69) is 15.5 Å². The fourth-order valence-corrected chi connectivity index (χ4v) is 4.00. The number of aliphatic carboxylic acids is 1. The number of carbonyl (C=O) groups is 1. The van der Waals surface area contributed by atoms with Crippen LogP contribution >= 0.6 is 11.8 Å².